The highest BCUT2D eigenvalue weighted by Crippen LogP contribution is 2.32. The van der Waals surface area contributed by atoms with E-state index in [2.05, 4.69) is 12.2 Å². The molecule has 0 saturated heterocycles. The molecule has 1 rings (SSSR count). The standard InChI is InChI=1S/C15H29NO2/c1-3-4-5-6-8-11-15(16-14(17)18-2)12-9-7-10-13-15/h3-13H2,1-2H3,(H,16,17). The smallest absolute Gasteiger partial charge is 0.407 e. The number of ether oxygens (including phenoxy) is 1. The van der Waals surface area contributed by atoms with Crippen LogP contribution in [0.4, 0.5) is 4.79 Å². The zero-order chi connectivity index (χ0) is 13.3. The van der Waals surface area contributed by atoms with Gasteiger partial charge in [0.2, 0.25) is 0 Å². The van der Waals surface area contributed by atoms with Crippen LogP contribution in [0, 0.1) is 0 Å². The van der Waals surface area contributed by atoms with Gasteiger partial charge < -0.3 is 10.1 Å². The van der Waals surface area contributed by atoms with E-state index >= 15 is 0 Å². The van der Waals surface area contributed by atoms with Gasteiger partial charge in [0.15, 0.2) is 0 Å². The molecule has 1 amide bonds. The lowest BCUT2D eigenvalue weighted by atomic mass is 9.78. The molecule has 18 heavy (non-hydrogen) atoms. The molecule has 0 aromatic heterocycles. The van der Waals surface area contributed by atoms with Gasteiger partial charge in [0.25, 0.3) is 0 Å². The Morgan fingerprint density at radius 3 is 2.39 bits per heavy atom. The largest absolute Gasteiger partial charge is 0.453 e. The number of nitrogens with one attached hydrogen (secondary N) is 1. The Labute approximate surface area is 112 Å². The summed E-state index contributed by atoms with van der Waals surface area (Å²) in [6.07, 6.45) is 13.3. The monoisotopic (exact) mass is 255 g/mol. The zero-order valence-corrected chi connectivity index (χ0v) is 12.1. The summed E-state index contributed by atoms with van der Waals surface area (Å²) in [7, 11) is 1.45. The minimum absolute atomic E-state index is 0.0254. The Bertz CT molecular complexity index is 235. The minimum Gasteiger partial charge on any atom is -0.453 e. The van der Waals surface area contributed by atoms with Crippen LogP contribution < -0.4 is 5.32 Å². The number of rotatable bonds is 7. The van der Waals surface area contributed by atoms with Crippen LogP contribution in [0.3, 0.4) is 0 Å². The van der Waals surface area contributed by atoms with Crippen molar-refractivity contribution < 1.29 is 9.53 Å². The molecule has 3 nitrogen and oxygen atoms in total. The van der Waals surface area contributed by atoms with Crippen LogP contribution in [0.5, 0.6) is 0 Å². The summed E-state index contributed by atoms with van der Waals surface area (Å²) < 4.78 is 4.77. The number of amides is 1. The fourth-order valence-electron chi connectivity index (χ4n) is 3.00. The molecule has 0 radical (unpaired) electrons. The first-order valence-electron chi connectivity index (χ1n) is 7.58. The van der Waals surface area contributed by atoms with Gasteiger partial charge in [0, 0.05) is 5.54 Å². The molecule has 0 aromatic carbocycles. The van der Waals surface area contributed by atoms with Gasteiger partial charge in [0.05, 0.1) is 7.11 Å². The Balaban J connectivity index is 2.37. The second kappa shape index (κ2) is 8.39. The average molecular weight is 255 g/mol. The molecule has 0 aromatic rings. The first-order valence-corrected chi connectivity index (χ1v) is 7.58. The van der Waals surface area contributed by atoms with Crippen LogP contribution >= 0.6 is 0 Å². The molecule has 0 atom stereocenters. The molecule has 0 heterocycles. The van der Waals surface area contributed by atoms with Crippen molar-refractivity contribution in [3.63, 3.8) is 0 Å². The Kier molecular flexibility index (Phi) is 7.14. The lowest BCUT2D eigenvalue weighted by Gasteiger charge is -2.37. The molecule has 0 bridgehead atoms. The van der Waals surface area contributed by atoms with E-state index in [0.29, 0.717) is 0 Å². The highest BCUT2D eigenvalue weighted by Gasteiger charge is 2.33. The summed E-state index contributed by atoms with van der Waals surface area (Å²) >= 11 is 0. The maximum Gasteiger partial charge on any atom is 0.407 e. The highest BCUT2D eigenvalue weighted by molar-refractivity contribution is 5.68. The first-order chi connectivity index (χ1) is 8.72. The fourth-order valence-corrected chi connectivity index (χ4v) is 3.00. The van der Waals surface area contributed by atoms with Crippen LogP contribution in [0.25, 0.3) is 0 Å². The first kappa shape index (κ1) is 15.3. The van der Waals surface area contributed by atoms with Crippen LogP contribution in [-0.4, -0.2) is 18.7 Å². The van der Waals surface area contributed by atoms with Crippen molar-refractivity contribution in [2.24, 2.45) is 0 Å². The Hall–Kier alpha value is -0.730. The topological polar surface area (TPSA) is 38.3 Å². The number of alkyl carbamates (subject to hydrolysis) is 1. The molecule has 1 N–H and O–H groups in total. The SMILES string of the molecule is CCCCCCCC1(NC(=O)OC)CCCCC1. The van der Waals surface area contributed by atoms with Crippen LogP contribution in [-0.2, 0) is 4.74 Å². The van der Waals surface area contributed by atoms with Gasteiger partial charge in [-0.1, -0.05) is 58.3 Å². The third kappa shape index (κ3) is 5.28. The van der Waals surface area contributed by atoms with Crippen LogP contribution in [0.2, 0.25) is 0 Å². The third-order valence-electron chi connectivity index (χ3n) is 4.12. The molecule has 0 unspecified atom stereocenters. The molecule has 106 valence electrons. The van der Waals surface area contributed by atoms with E-state index in [1.54, 1.807) is 0 Å². The second-order valence-corrected chi connectivity index (χ2v) is 5.62. The maximum absolute atomic E-state index is 11.5. The molecule has 0 aliphatic heterocycles. The van der Waals surface area contributed by atoms with Gasteiger partial charge in [-0.15, -0.1) is 0 Å². The Morgan fingerprint density at radius 2 is 1.78 bits per heavy atom. The van der Waals surface area contributed by atoms with Crippen LogP contribution in [0.15, 0.2) is 0 Å². The quantitative estimate of drug-likeness (QED) is 0.684. The summed E-state index contributed by atoms with van der Waals surface area (Å²) in [5.74, 6) is 0. The molecule has 1 aliphatic carbocycles. The van der Waals surface area contributed by atoms with E-state index in [0.717, 1.165) is 19.3 Å². The van der Waals surface area contributed by atoms with E-state index < -0.39 is 0 Å². The van der Waals surface area contributed by atoms with E-state index in [-0.39, 0.29) is 11.6 Å². The summed E-state index contributed by atoms with van der Waals surface area (Å²) in [4.78, 5) is 11.5. The minimum atomic E-state index is -0.259. The Morgan fingerprint density at radius 1 is 1.11 bits per heavy atom. The lowest BCUT2D eigenvalue weighted by Crippen LogP contribution is -2.49. The van der Waals surface area contributed by atoms with Crippen molar-refractivity contribution in [2.45, 2.75) is 83.1 Å². The van der Waals surface area contributed by atoms with Crippen molar-refractivity contribution in [3.05, 3.63) is 0 Å². The number of hydrogen-bond donors (Lipinski definition) is 1. The predicted octanol–water partition coefficient (Wildman–Crippen LogP) is 4.41. The normalized spacial score (nSPS) is 18.3. The van der Waals surface area contributed by atoms with E-state index in [1.807, 2.05) is 0 Å². The lowest BCUT2D eigenvalue weighted by molar-refractivity contribution is 0.138. The average Bonchev–Trinajstić information content (AvgIpc) is 2.39. The summed E-state index contributed by atoms with van der Waals surface area (Å²) in [5.41, 5.74) is 0.0254. The third-order valence-corrected chi connectivity index (χ3v) is 4.12. The molecular formula is C15H29NO2. The van der Waals surface area contributed by atoms with E-state index in [4.69, 9.17) is 4.74 Å². The van der Waals surface area contributed by atoms with Gasteiger partial charge in [-0.25, -0.2) is 4.79 Å². The molecule has 1 saturated carbocycles. The highest BCUT2D eigenvalue weighted by atomic mass is 16.5. The predicted molar refractivity (Wildman–Crippen MR) is 74.7 cm³/mol. The molecule has 1 fully saturated rings. The number of unbranched alkanes of at least 4 members (excludes halogenated alkanes) is 4. The number of methoxy groups -OCH3 is 1. The molecule has 1 aliphatic rings. The van der Waals surface area contributed by atoms with E-state index in [1.165, 1.54) is 58.5 Å². The number of carbonyl (C=O) groups is 1. The van der Waals surface area contributed by atoms with Crippen LogP contribution in [0.1, 0.15) is 77.6 Å². The van der Waals surface area contributed by atoms with Crippen molar-refractivity contribution >= 4 is 6.09 Å². The number of carbonyl (C=O) groups excluding carboxylic acids is 1. The van der Waals surface area contributed by atoms with Gasteiger partial charge in [-0.2, -0.15) is 0 Å². The fraction of sp³-hybridized carbons (Fsp3) is 0.933. The van der Waals surface area contributed by atoms with Crippen molar-refractivity contribution in [1.82, 2.24) is 5.32 Å². The summed E-state index contributed by atoms with van der Waals surface area (Å²) in [5, 5.41) is 3.11. The molecule has 3 heteroatoms. The maximum atomic E-state index is 11.5. The summed E-state index contributed by atoms with van der Waals surface area (Å²) in [6.45, 7) is 2.24. The number of hydrogen-bond acceptors (Lipinski definition) is 2. The molecular weight excluding hydrogens is 226 g/mol. The zero-order valence-electron chi connectivity index (χ0n) is 12.1. The van der Waals surface area contributed by atoms with Gasteiger partial charge >= 0.3 is 6.09 Å². The van der Waals surface area contributed by atoms with E-state index in [9.17, 15) is 4.79 Å². The second-order valence-electron chi connectivity index (χ2n) is 5.62. The van der Waals surface area contributed by atoms with Gasteiger partial charge in [-0.05, 0) is 19.3 Å². The van der Waals surface area contributed by atoms with Crippen molar-refractivity contribution in [1.29, 1.82) is 0 Å². The van der Waals surface area contributed by atoms with Crippen molar-refractivity contribution in [2.75, 3.05) is 7.11 Å². The van der Waals surface area contributed by atoms with Crippen molar-refractivity contribution in [3.8, 4) is 0 Å². The van der Waals surface area contributed by atoms with Gasteiger partial charge in [-0.3, -0.25) is 0 Å². The van der Waals surface area contributed by atoms with Gasteiger partial charge in [0.1, 0.15) is 0 Å². The summed E-state index contributed by atoms with van der Waals surface area (Å²) in [6, 6.07) is 0. The molecule has 0 spiro atoms.